The zero-order valence-corrected chi connectivity index (χ0v) is 12.4. The van der Waals surface area contributed by atoms with Crippen molar-refractivity contribution in [3.8, 4) is 17.6 Å². The highest BCUT2D eigenvalue weighted by molar-refractivity contribution is 5.87. The average molecular weight is 307 g/mol. The Balaban J connectivity index is 1.75. The first kappa shape index (κ1) is 14.7. The summed E-state index contributed by atoms with van der Waals surface area (Å²) in [7, 11) is 1.58. The number of carbonyl (C=O) groups excluding carboxylic acids is 1. The first-order valence-electron chi connectivity index (χ1n) is 6.94. The molecule has 0 radical (unpaired) electrons. The van der Waals surface area contributed by atoms with Gasteiger partial charge in [-0.1, -0.05) is 0 Å². The lowest BCUT2D eigenvalue weighted by Crippen LogP contribution is -2.10. The van der Waals surface area contributed by atoms with Crippen LogP contribution in [-0.4, -0.2) is 13.1 Å². The van der Waals surface area contributed by atoms with Gasteiger partial charge in [-0.2, -0.15) is 5.26 Å². The van der Waals surface area contributed by atoms with Crippen LogP contribution < -0.4 is 9.47 Å². The van der Waals surface area contributed by atoms with Crippen molar-refractivity contribution in [1.82, 2.24) is 0 Å². The van der Waals surface area contributed by atoms with Crippen molar-refractivity contribution in [3.63, 3.8) is 0 Å². The highest BCUT2D eigenvalue weighted by Crippen LogP contribution is 2.26. The quantitative estimate of drug-likeness (QED) is 0.545. The number of methoxy groups -OCH3 is 1. The molecular weight excluding hydrogens is 294 g/mol. The summed E-state index contributed by atoms with van der Waals surface area (Å²) >= 11 is 0. The van der Waals surface area contributed by atoms with Gasteiger partial charge in [0.15, 0.2) is 0 Å². The molecule has 1 heterocycles. The van der Waals surface area contributed by atoms with E-state index in [0.29, 0.717) is 22.6 Å². The molecular formula is C18H13NO4. The monoisotopic (exact) mass is 307 g/mol. The maximum absolute atomic E-state index is 12.1. The van der Waals surface area contributed by atoms with Crippen LogP contribution in [0.1, 0.15) is 11.1 Å². The Morgan fingerprint density at radius 3 is 2.61 bits per heavy atom. The highest BCUT2D eigenvalue weighted by Gasteiger charge is 2.13. The van der Waals surface area contributed by atoms with E-state index in [9.17, 15) is 4.79 Å². The standard InChI is InChI=1S/C18H13NO4/c1-21-15-6-7-17-16(9-15)13(11-22-17)8-18(20)23-14-4-2-12(10-19)3-5-14/h2-7,9,11H,8H2,1H3. The molecule has 3 aromatic rings. The van der Waals surface area contributed by atoms with Crippen molar-refractivity contribution in [2.75, 3.05) is 7.11 Å². The molecule has 0 aliphatic heterocycles. The van der Waals surface area contributed by atoms with Crippen LogP contribution in [0, 0.1) is 11.3 Å². The number of benzene rings is 2. The normalized spacial score (nSPS) is 10.3. The van der Waals surface area contributed by atoms with Gasteiger partial charge in [-0.15, -0.1) is 0 Å². The maximum Gasteiger partial charge on any atom is 0.315 e. The van der Waals surface area contributed by atoms with E-state index in [4.69, 9.17) is 19.2 Å². The largest absolute Gasteiger partial charge is 0.497 e. The van der Waals surface area contributed by atoms with E-state index in [2.05, 4.69) is 0 Å². The van der Waals surface area contributed by atoms with Crippen molar-refractivity contribution < 1.29 is 18.7 Å². The molecule has 0 unspecified atom stereocenters. The minimum Gasteiger partial charge on any atom is -0.497 e. The number of fused-ring (bicyclic) bond motifs is 1. The van der Waals surface area contributed by atoms with Crippen LogP contribution >= 0.6 is 0 Å². The third-order valence-electron chi connectivity index (χ3n) is 3.41. The molecule has 1 aromatic heterocycles. The van der Waals surface area contributed by atoms with Crippen LogP contribution in [-0.2, 0) is 11.2 Å². The van der Waals surface area contributed by atoms with Crippen molar-refractivity contribution in [3.05, 3.63) is 59.9 Å². The Labute approximate surface area is 132 Å². The molecule has 5 nitrogen and oxygen atoms in total. The fraction of sp³-hybridized carbons (Fsp3) is 0.111. The van der Waals surface area contributed by atoms with E-state index < -0.39 is 5.97 Å². The molecule has 114 valence electrons. The van der Waals surface area contributed by atoms with Gasteiger partial charge >= 0.3 is 5.97 Å². The Morgan fingerprint density at radius 2 is 1.91 bits per heavy atom. The average Bonchev–Trinajstić information content (AvgIpc) is 2.97. The van der Waals surface area contributed by atoms with Gasteiger partial charge < -0.3 is 13.9 Å². The molecule has 0 spiro atoms. The third kappa shape index (κ3) is 3.16. The topological polar surface area (TPSA) is 72.5 Å². The number of furan rings is 1. The Hall–Kier alpha value is -3.26. The second-order valence-corrected chi connectivity index (χ2v) is 4.91. The maximum atomic E-state index is 12.1. The predicted molar refractivity (Wildman–Crippen MR) is 83.3 cm³/mol. The number of esters is 1. The van der Waals surface area contributed by atoms with Gasteiger partial charge in [0.05, 0.1) is 31.4 Å². The molecule has 5 heteroatoms. The molecule has 2 aromatic carbocycles. The Kier molecular flexibility index (Phi) is 3.98. The van der Waals surface area contributed by atoms with Crippen LogP contribution in [0.5, 0.6) is 11.5 Å². The summed E-state index contributed by atoms with van der Waals surface area (Å²) in [6.45, 7) is 0. The van der Waals surface area contributed by atoms with Gasteiger partial charge in [0.25, 0.3) is 0 Å². The zero-order chi connectivity index (χ0) is 16.2. The summed E-state index contributed by atoms with van der Waals surface area (Å²) in [6, 6.07) is 13.8. The first-order chi connectivity index (χ1) is 11.2. The molecule has 0 N–H and O–H groups in total. The summed E-state index contributed by atoms with van der Waals surface area (Å²) in [5, 5.41) is 9.57. The van der Waals surface area contributed by atoms with Crippen LogP contribution in [0.2, 0.25) is 0 Å². The third-order valence-corrected chi connectivity index (χ3v) is 3.41. The Morgan fingerprint density at radius 1 is 1.17 bits per heavy atom. The van der Waals surface area contributed by atoms with Crippen molar-refractivity contribution in [1.29, 1.82) is 5.26 Å². The number of hydrogen-bond donors (Lipinski definition) is 0. The molecule has 0 fully saturated rings. The fourth-order valence-corrected chi connectivity index (χ4v) is 2.25. The summed E-state index contributed by atoms with van der Waals surface area (Å²) in [6.07, 6.45) is 1.63. The second kappa shape index (κ2) is 6.24. The lowest BCUT2D eigenvalue weighted by atomic mass is 10.1. The van der Waals surface area contributed by atoms with E-state index in [1.807, 2.05) is 12.1 Å². The molecule has 0 bridgehead atoms. The number of carbonyl (C=O) groups is 1. The van der Waals surface area contributed by atoms with Gasteiger partial charge in [-0.3, -0.25) is 4.79 Å². The zero-order valence-electron chi connectivity index (χ0n) is 12.4. The molecule has 0 atom stereocenters. The first-order valence-corrected chi connectivity index (χ1v) is 6.94. The molecule has 23 heavy (non-hydrogen) atoms. The number of ether oxygens (including phenoxy) is 2. The number of rotatable bonds is 4. The van der Waals surface area contributed by atoms with Gasteiger partial charge in [-0.25, -0.2) is 0 Å². The van der Waals surface area contributed by atoms with Gasteiger partial charge in [0.1, 0.15) is 17.1 Å². The summed E-state index contributed by atoms with van der Waals surface area (Å²) < 4.78 is 15.9. The molecule has 0 aliphatic carbocycles. The van der Waals surface area contributed by atoms with E-state index in [1.54, 1.807) is 49.8 Å². The van der Waals surface area contributed by atoms with E-state index >= 15 is 0 Å². The van der Waals surface area contributed by atoms with Crippen molar-refractivity contribution in [2.24, 2.45) is 0 Å². The lowest BCUT2D eigenvalue weighted by Gasteiger charge is -2.04. The van der Waals surface area contributed by atoms with Crippen LogP contribution in [0.4, 0.5) is 0 Å². The number of nitriles is 1. The van der Waals surface area contributed by atoms with Gasteiger partial charge in [0, 0.05) is 10.9 Å². The number of hydrogen-bond acceptors (Lipinski definition) is 5. The summed E-state index contributed by atoms with van der Waals surface area (Å²) in [5.41, 5.74) is 1.93. The molecule has 0 saturated heterocycles. The number of nitrogens with zero attached hydrogens (tertiary/aromatic N) is 1. The second-order valence-electron chi connectivity index (χ2n) is 4.91. The Bertz CT molecular complexity index is 888. The molecule has 0 aliphatic rings. The molecule has 3 rings (SSSR count). The van der Waals surface area contributed by atoms with Crippen LogP contribution in [0.15, 0.2) is 53.1 Å². The minimum absolute atomic E-state index is 0.0835. The van der Waals surface area contributed by atoms with Crippen LogP contribution in [0.25, 0.3) is 11.0 Å². The summed E-state index contributed by atoms with van der Waals surface area (Å²) in [5.74, 6) is 0.695. The van der Waals surface area contributed by atoms with E-state index in [1.165, 1.54) is 0 Å². The minimum atomic E-state index is -0.403. The molecule has 0 amide bonds. The van der Waals surface area contributed by atoms with E-state index in [0.717, 1.165) is 10.9 Å². The highest BCUT2D eigenvalue weighted by atomic mass is 16.5. The predicted octanol–water partition coefficient (Wildman–Crippen LogP) is 3.46. The smallest absolute Gasteiger partial charge is 0.315 e. The fourth-order valence-electron chi connectivity index (χ4n) is 2.25. The summed E-state index contributed by atoms with van der Waals surface area (Å²) in [4.78, 5) is 12.1. The van der Waals surface area contributed by atoms with Gasteiger partial charge in [-0.05, 0) is 42.5 Å². The van der Waals surface area contributed by atoms with E-state index in [-0.39, 0.29) is 6.42 Å². The lowest BCUT2D eigenvalue weighted by molar-refractivity contribution is -0.133. The van der Waals surface area contributed by atoms with Crippen molar-refractivity contribution >= 4 is 16.9 Å². The SMILES string of the molecule is COc1ccc2occ(CC(=O)Oc3ccc(C#N)cc3)c2c1. The van der Waals surface area contributed by atoms with Crippen molar-refractivity contribution in [2.45, 2.75) is 6.42 Å². The van der Waals surface area contributed by atoms with Gasteiger partial charge in [0.2, 0.25) is 0 Å². The molecule has 0 saturated carbocycles. The van der Waals surface area contributed by atoms with Crippen LogP contribution in [0.3, 0.4) is 0 Å².